The van der Waals surface area contributed by atoms with E-state index in [9.17, 15) is 0 Å². The molecule has 6 heteroatoms. The average molecular weight is 314 g/mol. The Morgan fingerprint density at radius 1 is 1.41 bits per heavy atom. The van der Waals surface area contributed by atoms with Gasteiger partial charge in [-0.15, -0.1) is 11.3 Å². The van der Waals surface area contributed by atoms with Crippen molar-refractivity contribution in [3.05, 3.63) is 27.7 Å². The molecule has 2 aromatic heterocycles. The van der Waals surface area contributed by atoms with Gasteiger partial charge < -0.3 is 10.1 Å². The minimum absolute atomic E-state index is 0.483. The van der Waals surface area contributed by atoms with E-state index >= 15 is 0 Å². The summed E-state index contributed by atoms with van der Waals surface area (Å²) in [5, 5.41) is 3.03. The largest absolute Gasteiger partial charge is 0.378 e. The van der Waals surface area contributed by atoms with Crippen LogP contribution in [0.4, 0.5) is 5.82 Å². The van der Waals surface area contributed by atoms with Crippen molar-refractivity contribution in [3.63, 3.8) is 0 Å². The predicted molar refractivity (Wildman–Crippen MR) is 73.3 cm³/mol. The molecular weight excluding hydrogens is 302 g/mol. The van der Waals surface area contributed by atoms with Crippen molar-refractivity contribution in [2.75, 3.05) is 19.5 Å². The lowest BCUT2D eigenvalue weighted by molar-refractivity contribution is 0.181. The van der Waals surface area contributed by atoms with Gasteiger partial charge in [0.25, 0.3) is 0 Å². The van der Waals surface area contributed by atoms with Crippen LogP contribution in [0.2, 0.25) is 0 Å². The van der Waals surface area contributed by atoms with Crippen LogP contribution in [-0.4, -0.2) is 24.1 Å². The Morgan fingerprint density at radius 2 is 2.24 bits per heavy atom. The normalized spacial score (nSPS) is 10.5. The van der Waals surface area contributed by atoms with Gasteiger partial charge in [-0.1, -0.05) is 0 Å². The molecule has 0 bridgehead atoms. The quantitative estimate of drug-likeness (QED) is 0.942. The summed E-state index contributed by atoms with van der Waals surface area (Å²) in [6, 6.07) is 5.88. The topological polar surface area (TPSA) is 47.0 Å². The third-order valence-electron chi connectivity index (χ3n) is 2.12. The van der Waals surface area contributed by atoms with Crippen LogP contribution < -0.4 is 5.32 Å². The van der Waals surface area contributed by atoms with Crippen molar-refractivity contribution < 1.29 is 4.74 Å². The van der Waals surface area contributed by atoms with Crippen molar-refractivity contribution >= 4 is 33.1 Å². The SMILES string of the molecule is CNc1cc(COC)nc(-c2ccc(Br)s2)n1. The van der Waals surface area contributed by atoms with Crippen LogP contribution in [0.25, 0.3) is 10.7 Å². The second-order valence-corrected chi connectivity index (χ2v) is 5.82. The number of rotatable bonds is 4. The van der Waals surface area contributed by atoms with Crippen LogP contribution in [0, 0.1) is 0 Å². The highest BCUT2D eigenvalue weighted by Crippen LogP contribution is 2.29. The van der Waals surface area contributed by atoms with E-state index in [-0.39, 0.29) is 0 Å². The van der Waals surface area contributed by atoms with Gasteiger partial charge in [0, 0.05) is 20.2 Å². The first-order chi connectivity index (χ1) is 8.22. The van der Waals surface area contributed by atoms with Crippen LogP contribution in [-0.2, 0) is 11.3 Å². The Hall–Kier alpha value is -0.980. The number of methoxy groups -OCH3 is 1. The fraction of sp³-hybridized carbons (Fsp3) is 0.273. The average Bonchev–Trinajstić information content (AvgIpc) is 2.76. The van der Waals surface area contributed by atoms with Gasteiger partial charge in [0.1, 0.15) is 5.82 Å². The van der Waals surface area contributed by atoms with Crippen LogP contribution >= 0.6 is 27.3 Å². The zero-order valence-corrected chi connectivity index (χ0v) is 11.9. The summed E-state index contributed by atoms with van der Waals surface area (Å²) in [7, 11) is 3.50. The highest BCUT2D eigenvalue weighted by atomic mass is 79.9. The molecule has 90 valence electrons. The second kappa shape index (κ2) is 5.57. The fourth-order valence-electron chi connectivity index (χ4n) is 1.39. The van der Waals surface area contributed by atoms with Gasteiger partial charge in [-0.3, -0.25) is 0 Å². The highest BCUT2D eigenvalue weighted by molar-refractivity contribution is 9.11. The highest BCUT2D eigenvalue weighted by Gasteiger charge is 2.08. The third kappa shape index (κ3) is 3.02. The number of hydrogen-bond donors (Lipinski definition) is 1. The fourth-order valence-corrected chi connectivity index (χ4v) is 2.71. The lowest BCUT2D eigenvalue weighted by Crippen LogP contribution is -2.01. The molecule has 2 aromatic rings. The first-order valence-corrected chi connectivity index (χ1v) is 6.64. The maximum Gasteiger partial charge on any atom is 0.171 e. The van der Waals surface area contributed by atoms with Crippen LogP contribution in [0.1, 0.15) is 5.69 Å². The summed E-state index contributed by atoms with van der Waals surface area (Å²) in [5.74, 6) is 1.52. The summed E-state index contributed by atoms with van der Waals surface area (Å²) in [6.45, 7) is 0.483. The number of halogens is 1. The van der Waals surface area contributed by atoms with Crippen molar-refractivity contribution in [1.29, 1.82) is 0 Å². The molecule has 0 aliphatic rings. The molecule has 17 heavy (non-hydrogen) atoms. The molecule has 4 nitrogen and oxygen atoms in total. The first kappa shape index (κ1) is 12.5. The molecule has 0 aliphatic carbocycles. The van der Waals surface area contributed by atoms with E-state index in [0.717, 1.165) is 26.0 Å². The van der Waals surface area contributed by atoms with Gasteiger partial charge in [-0.05, 0) is 28.1 Å². The van der Waals surface area contributed by atoms with Crippen LogP contribution in [0.3, 0.4) is 0 Å². The maximum atomic E-state index is 5.10. The zero-order valence-electron chi connectivity index (χ0n) is 9.53. The molecule has 0 aromatic carbocycles. The molecule has 0 unspecified atom stereocenters. The van der Waals surface area contributed by atoms with Gasteiger partial charge in [-0.25, -0.2) is 9.97 Å². The molecule has 0 spiro atoms. The number of nitrogens with one attached hydrogen (secondary N) is 1. The van der Waals surface area contributed by atoms with Gasteiger partial charge >= 0.3 is 0 Å². The molecule has 2 rings (SSSR count). The molecule has 0 atom stereocenters. The number of ether oxygens (including phenoxy) is 1. The minimum Gasteiger partial charge on any atom is -0.378 e. The van der Waals surface area contributed by atoms with E-state index in [1.807, 2.05) is 25.2 Å². The van der Waals surface area contributed by atoms with E-state index in [1.54, 1.807) is 18.4 Å². The summed E-state index contributed by atoms with van der Waals surface area (Å²) >= 11 is 5.05. The Bertz CT molecular complexity index is 515. The Kier molecular flexibility index (Phi) is 4.09. The zero-order chi connectivity index (χ0) is 12.3. The van der Waals surface area contributed by atoms with Crippen LogP contribution in [0.5, 0.6) is 0 Å². The number of hydrogen-bond acceptors (Lipinski definition) is 5. The summed E-state index contributed by atoms with van der Waals surface area (Å²) in [6.07, 6.45) is 0. The summed E-state index contributed by atoms with van der Waals surface area (Å²) in [5.41, 5.74) is 0.867. The summed E-state index contributed by atoms with van der Waals surface area (Å²) < 4.78 is 6.17. The van der Waals surface area contributed by atoms with E-state index in [2.05, 4.69) is 31.2 Å². The molecule has 0 saturated heterocycles. The predicted octanol–water partition coefficient (Wildman–Crippen LogP) is 3.16. The Morgan fingerprint density at radius 3 is 2.82 bits per heavy atom. The van der Waals surface area contributed by atoms with Gasteiger partial charge in [0.15, 0.2) is 5.82 Å². The van der Waals surface area contributed by atoms with Crippen molar-refractivity contribution in [3.8, 4) is 10.7 Å². The Balaban J connectivity index is 2.42. The molecule has 0 saturated carbocycles. The minimum atomic E-state index is 0.483. The molecule has 0 aliphatic heterocycles. The monoisotopic (exact) mass is 313 g/mol. The van der Waals surface area contributed by atoms with E-state index in [4.69, 9.17) is 4.74 Å². The van der Waals surface area contributed by atoms with Crippen molar-refractivity contribution in [2.45, 2.75) is 6.61 Å². The van der Waals surface area contributed by atoms with Gasteiger partial charge in [0.2, 0.25) is 0 Å². The maximum absolute atomic E-state index is 5.10. The Labute approximate surface area is 112 Å². The summed E-state index contributed by atoms with van der Waals surface area (Å²) in [4.78, 5) is 9.93. The van der Waals surface area contributed by atoms with Crippen molar-refractivity contribution in [2.24, 2.45) is 0 Å². The molecule has 0 radical (unpaired) electrons. The van der Waals surface area contributed by atoms with Gasteiger partial charge in [0.05, 0.1) is 21.0 Å². The molecular formula is C11H12BrN3OS. The molecule has 2 heterocycles. The lowest BCUT2D eigenvalue weighted by atomic mass is 10.3. The van der Waals surface area contributed by atoms with Gasteiger partial charge in [-0.2, -0.15) is 0 Å². The molecule has 0 amide bonds. The third-order valence-corrected chi connectivity index (χ3v) is 3.74. The van der Waals surface area contributed by atoms with E-state index < -0.39 is 0 Å². The lowest BCUT2D eigenvalue weighted by Gasteiger charge is -2.05. The first-order valence-electron chi connectivity index (χ1n) is 5.03. The standard InChI is InChI=1S/C11H12BrN3OS/c1-13-10-5-7(6-16-2)14-11(15-10)8-3-4-9(12)17-8/h3-5H,6H2,1-2H3,(H,13,14,15). The van der Waals surface area contributed by atoms with E-state index in [1.165, 1.54) is 0 Å². The molecule has 1 N–H and O–H groups in total. The second-order valence-electron chi connectivity index (χ2n) is 3.35. The number of aromatic nitrogens is 2. The number of thiophene rings is 1. The van der Waals surface area contributed by atoms with Crippen LogP contribution in [0.15, 0.2) is 22.0 Å². The van der Waals surface area contributed by atoms with E-state index in [0.29, 0.717) is 6.61 Å². The number of nitrogens with zero attached hydrogens (tertiary/aromatic N) is 2. The number of anilines is 1. The smallest absolute Gasteiger partial charge is 0.171 e. The van der Waals surface area contributed by atoms with Crippen molar-refractivity contribution in [1.82, 2.24) is 9.97 Å². The molecule has 0 fully saturated rings.